The first kappa shape index (κ1) is 12.7. The van der Waals surface area contributed by atoms with E-state index in [0.29, 0.717) is 12.0 Å². The minimum atomic E-state index is -0.368. The summed E-state index contributed by atoms with van der Waals surface area (Å²) in [6.45, 7) is 2.11. The topological polar surface area (TPSA) is 60.2 Å². The van der Waals surface area contributed by atoms with Crippen LogP contribution in [0.4, 0.5) is 5.69 Å². The second-order valence-electron chi connectivity index (χ2n) is 4.78. The van der Waals surface area contributed by atoms with Gasteiger partial charge in [-0.1, -0.05) is 19.8 Å². The van der Waals surface area contributed by atoms with Crippen LogP contribution in [0.2, 0.25) is 0 Å². The molecule has 1 aliphatic rings. The molecule has 0 unspecified atom stereocenters. The van der Waals surface area contributed by atoms with E-state index in [1.807, 2.05) is 6.07 Å². The second-order valence-corrected chi connectivity index (χ2v) is 4.78. The third kappa shape index (κ3) is 2.42. The third-order valence-electron chi connectivity index (χ3n) is 3.47. The molecule has 0 radical (unpaired) electrons. The van der Waals surface area contributed by atoms with Crippen LogP contribution in [0.5, 0.6) is 0 Å². The number of Topliss-reactive ketones (excluding diaryl/α,β-unsaturated/α-hetero) is 1. The van der Waals surface area contributed by atoms with Crippen molar-refractivity contribution >= 4 is 11.5 Å². The number of hydrogen-bond acceptors (Lipinski definition) is 3. The molecule has 0 aliphatic heterocycles. The molecule has 1 aromatic carbocycles. The summed E-state index contributed by atoms with van der Waals surface area (Å²) in [5.74, 6) is 0.0354. The maximum absolute atomic E-state index is 11.6. The van der Waals surface area contributed by atoms with Crippen molar-refractivity contribution in [3.05, 3.63) is 38.9 Å². The molecule has 0 saturated carbocycles. The Bertz CT molecular complexity index is 494. The van der Waals surface area contributed by atoms with E-state index in [9.17, 15) is 14.9 Å². The fraction of sp³-hybridized carbons (Fsp3) is 0.500. The first-order chi connectivity index (χ1) is 8.63. The molecule has 1 aromatic rings. The Hall–Kier alpha value is -1.71. The highest BCUT2D eigenvalue weighted by atomic mass is 16.6. The van der Waals surface area contributed by atoms with Crippen molar-refractivity contribution in [2.45, 2.75) is 45.4 Å². The molecule has 0 heterocycles. The van der Waals surface area contributed by atoms with E-state index in [4.69, 9.17) is 0 Å². The highest BCUT2D eigenvalue weighted by Crippen LogP contribution is 2.30. The molecule has 0 amide bonds. The molecule has 4 nitrogen and oxygen atoms in total. The van der Waals surface area contributed by atoms with Crippen LogP contribution in [-0.2, 0) is 12.8 Å². The molecular formula is C14H17NO3. The maximum atomic E-state index is 11.6. The van der Waals surface area contributed by atoms with E-state index in [0.717, 1.165) is 43.2 Å². The predicted molar refractivity (Wildman–Crippen MR) is 69.0 cm³/mol. The van der Waals surface area contributed by atoms with Gasteiger partial charge in [-0.25, -0.2) is 0 Å². The molecule has 0 fully saturated rings. The molecule has 1 aliphatic carbocycles. The summed E-state index contributed by atoms with van der Waals surface area (Å²) in [5, 5.41) is 11.1. The van der Waals surface area contributed by atoms with Crippen LogP contribution in [0.15, 0.2) is 12.1 Å². The van der Waals surface area contributed by atoms with Gasteiger partial charge in [-0.05, 0) is 30.9 Å². The van der Waals surface area contributed by atoms with Crippen LogP contribution >= 0.6 is 0 Å². The van der Waals surface area contributed by atoms with Crippen LogP contribution in [0.1, 0.15) is 54.1 Å². The van der Waals surface area contributed by atoms with Crippen molar-refractivity contribution in [3.63, 3.8) is 0 Å². The van der Waals surface area contributed by atoms with Crippen LogP contribution in [-0.4, -0.2) is 10.7 Å². The standard InChI is InChI=1S/C14H17NO3/c1-2-3-4-5-11-8-10-6-7-14(16)12(10)9-13(11)15(17)18/h8-9H,2-7H2,1H3. The fourth-order valence-corrected chi connectivity index (χ4v) is 2.47. The Labute approximate surface area is 106 Å². The molecule has 18 heavy (non-hydrogen) atoms. The number of benzene rings is 1. The number of nitro groups is 1. The molecule has 4 heteroatoms. The minimum Gasteiger partial charge on any atom is -0.294 e. The Morgan fingerprint density at radius 2 is 2.06 bits per heavy atom. The second kappa shape index (κ2) is 5.29. The SMILES string of the molecule is CCCCCc1cc2c(cc1[N+](=O)[O-])C(=O)CC2. The van der Waals surface area contributed by atoms with Crippen molar-refractivity contribution in [2.75, 3.05) is 0 Å². The van der Waals surface area contributed by atoms with Gasteiger partial charge in [0.2, 0.25) is 0 Å². The molecule has 2 rings (SSSR count). The van der Waals surface area contributed by atoms with Crippen LogP contribution in [0, 0.1) is 10.1 Å². The first-order valence-corrected chi connectivity index (χ1v) is 6.47. The molecule has 0 atom stereocenters. The van der Waals surface area contributed by atoms with E-state index in [1.165, 1.54) is 6.07 Å². The Morgan fingerprint density at radius 3 is 2.72 bits per heavy atom. The Morgan fingerprint density at radius 1 is 1.28 bits per heavy atom. The number of fused-ring (bicyclic) bond motifs is 1. The Balaban J connectivity index is 2.33. The average molecular weight is 247 g/mol. The van der Waals surface area contributed by atoms with E-state index < -0.39 is 0 Å². The summed E-state index contributed by atoms with van der Waals surface area (Å²) in [5.41, 5.74) is 2.43. The fourth-order valence-electron chi connectivity index (χ4n) is 2.47. The van der Waals surface area contributed by atoms with Gasteiger partial charge in [0.05, 0.1) is 4.92 Å². The number of aryl methyl sites for hydroxylation is 2. The van der Waals surface area contributed by atoms with Crippen molar-refractivity contribution in [1.29, 1.82) is 0 Å². The highest BCUT2D eigenvalue weighted by Gasteiger charge is 2.25. The lowest BCUT2D eigenvalue weighted by Gasteiger charge is -2.06. The van der Waals surface area contributed by atoms with Gasteiger partial charge in [-0.15, -0.1) is 0 Å². The molecule has 96 valence electrons. The highest BCUT2D eigenvalue weighted by molar-refractivity contribution is 6.01. The molecule has 0 saturated heterocycles. The van der Waals surface area contributed by atoms with Gasteiger partial charge in [0.15, 0.2) is 5.78 Å². The van der Waals surface area contributed by atoms with Crippen LogP contribution < -0.4 is 0 Å². The lowest BCUT2D eigenvalue weighted by Crippen LogP contribution is -2.00. The Kier molecular flexibility index (Phi) is 3.75. The number of nitro benzene ring substituents is 1. The monoisotopic (exact) mass is 247 g/mol. The number of hydrogen-bond donors (Lipinski definition) is 0. The van der Waals surface area contributed by atoms with Crippen molar-refractivity contribution < 1.29 is 9.72 Å². The van der Waals surface area contributed by atoms with Crippen LogP contribution in [0.3, 0.4) is 0 Å². The molecule has 0 N–H and O–H groups in total. The zero-order valence-electron chi connectivity index (χ0n) is 10.6. The molecule has 0 aromatic heterocycles. The largest absolute Gasteiger partial charge is 0.294 e. The smallest absolute Gasteiger partial charge is 0.273 e. The lowest BCUT2D eigenvalue weighted by molar-refractivity contribution is -0.385. The van der Waals surface area contributed by atoms with E-state index >= 15 is 0 Å². The van der Waals surface area contributed by atoms with Gasteiger partial charge in [0, 0.05) is 23.6 Å². The van der Waals surface area contributed by atoms with E-state index in [1.54, 1.807) is 0 Å². The summed E-state index contributed by atoms with van der Waals surface area (Å²) >= 11 is 0. The zero-order chi connectivity index (χ0) is 13.1. The number of carbonyl (C=O) groups is 1. The lowest BCUT2D eigenvalue weighted by atomic mass is 9.99. The van der Waals surface area contributed by atoms with E-state index in [-0.39, 0.29) is 16.4 Å². The zero-order valence-corrected chi connectivity index (χ0v) is 10.6. The van der Waals surface area contributed by atoms with Crippen molar-refractivity contribution in [3.8, 4) is 0 Å². The predicted octanol–water partition coefficient (Wildman–Crippen LogP) is 3.46. The van der Waals surface area contributed by atoms with Gasteiger partial charge in [0.25, 0.3) is 5.69 Å². The minimum absolute atomic E-state index is 0.0354. The first-order valence-electron chi connectivity index (χ1n) is 6.47. The van der Waals surface area contributed by atoms with Crippen molar-refractivity contribution in [2.24, 2.45) is 0 Å². The van der Waals surface area contributed by atoms with Crippen LogP contribution in [0.25, 0.3) is 0 Å². The maximum Gasteiger partial charge on any atom is 0.273 e. The van der Waals surface area contributed by atoms with E-state index in [2.05, 4.69) is 6.92 Å². The summed E-state index contributed by atoms with van der Waals surface area (Å²) in [4.78, 5) is 22.3. The summed E-state index contributed by atoms with van der Waals surface area (Å²) < 4.78 is 0. The summed E-state index contributed by atoms with van der Waals surface area (Å²) in [6.07, 6.45) is 5.08. The number of nitrogens with zero attached hydrogens (tertiary/aromatic N) is 1. The van der Waals surface area contributed by atoms with Gasteiger partial charge in [-0.3, -0.25) is 14.9 Å². The molecule has 0 bridgehead atoms. The number of unbranched alkanes of at least 4 members (excludes halogenated alkanes) is 2. The van der Waals surface area contributed by atoms with Gasteiger partial charge in [0.1, 0.15) is 0 Å². The summed E-state index contributed by atoms with van der Waals surface area (Å²) in [7, 11) is 0. The number of carbonyl (C=O) groups excluding carboxylic acids is 1. The molecular weight excluding hydrogens is 230 g/mol. The van der Waals surface area contributed by atoms with Crippen molar-refractivity contribution in [1.82, 2.24) is 0 Å². The average Bonchev–Trinajstić information content (AvgIpc) is 2.70. The van der Waals surface area contributed by atoms with Gasteiger partial charge >= 0.3 is 0 Å². The van der Waals surface area contributed by atoms with Gasteiger partial charge in [-0.2, -0.15) is 0 Å². The quantitative estimate of drug-likeness (QED) is 0.455. The number of ketones is 1. The number of rotatable bonds is 5. The third-order valence-corrected chi connectivity index (χ3v) is 3.47. The normalized spacial score (nSPS) is 13.7. The van der Waals surface area contributed by atoms with Gasteiger partial charge < -0.3 is 0 Å². The molecule has 0 spiro atoms. The summed E-state index contributed by atoms with van der Waals surface area (Å²) in [6, 6.07) is 3.35.